The molecule has 1 aliphatic heterocycles. The summed E-state index contributed by atoms with van der Waals surface area (Å²) in [5, 5.41) is 8.95. The summed E-state index contributed by atoms with van der Waals surface area (Å²) >= 11 is 0. The number of allylic oxidation sites excluding steroid dienone is 1. The summed E-state index contributed by atoms with van der Waals surface area (Å²) in [6.07, 6.45) is 2.93. The highest BCUT2D eigenvalue weighted by molar-refractivity contribution is 5.89. The van der Waals surface area contributed by atoms with Crippen LogP contribution in [0.2, 0.25) is 0 Å². The number of ether oxygens (including phenoxy) is 1. The van der Waals surface area contributed by atoms with Crippen LogP contribution < -0.4 is 0 Å². The van der Waals surface area contributed by atoms with Gasteiger partial charge in [0.05, 0.1) is 0 Å². The molecule has 1 heterocycles. The van der Waals surface area contributed by atoms with Crippen LogP contribution in [0.15, 0.2) is 46.8 Å². The van der Waals surface area contributed by atoms with E-state index in [-0.39, 0.29) is 5.70 Å². The number of carboxylic acid groups (broad SMARTS) is 1. The molecule has 0 amide bonds. The van der Waals surface area contributed by atoms with E-state index in [1.165, 1.54) is 0 Å². The fraction of sp³-hybridized carbons (Fsp3) is 0.231. The van der Waals surface area contributed by atoms with Crippen LogP contribution >= 0.6 is 0 Å². The minimum Gasteiger partial charge on any atom is -0.491 e. The molecule has 2 rings (SSSR count). The number of aliphatic imine (C=N–C) groups is 1. The molecule has 0 unspecified atom stereocenters. The summed E-state index contributed by atoms with van der Waals surface area (Å²) in [6.45, 7) is 0.377. The number of hydrogen-bond acceptors (Lipinski definition) is 3. The summed E-state index contributed by atoms with van der Waals surface area (Å²) in [4.78, 5) is 14.8. The van der Waals surface area contributed by atoms with Gasteiger partial charge in [-0.3, -0.25) is 4.99 Å². The Morgan fingerprint density at radius 1 is 1.35 bits per heavy atom. The largest absolute Gasteiger partial charge is 0.491 e. The van der Waals surface area contributed by atoms with E-state index in [1.54, 1.807) is 6.21 Å². The molecule has 0 saturated heterocycles. The lowest BCUT2D eigenvalue weighted by atomic mass is 10.2. The van der Waals surface area contributed by atoms with Crippen molar-refractivity contribution >= 4 is 12.2 Å². The molecule has 0 radical (unpaired) electrons. The SMILES string of the molecule is O=C(O)C1=C(OCc2ccccc2)CCC=N1. The van der Waals surface area contributed by atoms with Gasteiger partial charge in [0.15, 0.2) is 5.70 Å². The van der Waals surface area contributed by atoms with Crippen molar-refractivity contribution in [1.82, 2.24) is 0 Å². The zero-order valence-electron chi connectivity index (χ0n) is 9.30. The lowest BCUT2D eigenvalue weighted by Gasteiger charge is -2.14. The first-order chi connectivity index (χ1) is 8.27. The minimum atomic E-state index is -1.04. The van der Waals surface area contributed by atoms with Gasteiger partial charge in [-0.15, -0.1) is 0 Å². The van der Waals surface area contributed by atoms with Crippen LogP contribution in [0.25, 0.3) is 0 Å². The molecule has 0 aromatic heterocycles. The van der Waals surface area contributed by atoms with Crippen molar-refractivity contribution in [2.24, 2.45) is 4.99 Å². The molecule has 1 aromatic rings. The molecule has 0 spiro atoms. The van der Waals surface area contributed by atoms with E-state index in [4.69, 9.17) is 9.84 Å². The highest BCUT2D eigenvalue weighted by atomic mass is 16.5. The smallest absolute Gasteiger partial charge is 0.358 e. The lowest BCUT2D eigenvalue weighted by Crippen LogP contribution is -2.09. The fourth-order valence-corrected chi connectivity index (χ4v) is 1.60. The molecule has 1 N–H and O–H groups in total. The summed E-state index contributed by atoms with van der Waals surface area (Å²) in [6, 6.07) is 9.64. The Balaban J connectivity index is 2.07. The quantitative estimate of drug-likeness (QED) is 0.865. The summed E-state index contributed by atoms with van der Waals surface area (Å²) < 4.78 is 5.53. The van der Waals surface area contributed by atoms with Gasteiger partial charge in [-0.05, 0) is 12.0 Å². The topological polar surface area (TPSA) is 58.9 Å². The maximum absolute atomic E-state index is 10.9. The van der Waals surface area contributed by atoms with Crippen LogP contribution in [0.5, 0.6) is 0 Å². The van der Waals surface area contributed by atoms with Crippen LogP contribution in [-0.2, 0) is 16.1 Å². The molecule has 0 bridgehead atoms. The van der Waals surface area contributed by atoms with Gasteiger partial charge >= 0.3 is 5.97 Å². The average Bonchev–Trinajstić information content (AvgIpc) is 2.38. The Morgan fingerprint density at radius 2 is 2.12 bits per heavy atom. The number of carbonyl (C=O) groups is 1. The van der Waals surface area contributed by atoms with Gasteiger partial charge in [0, 0.05) is 12.6 Å². The van der Waals surface area contributed by atoms with Gasteiger partial charge in [0.25, 0.3) is 0 Å². The minimum absolute atomic E-state index is 0.0205. The Kier molecular flexibility index (Phi) is 3.55. The first-order valence-electron chi connectivity index (χ1n) is 5.43. The molecule has 0 fully saturated rings. The van der Waals surface area contributed by atoms with Gasteiger partial charge in [-0.25, -0.2) is 4.79 Å². The molecule has 0 atom stereocenters. The molecule has 1 aromatic carbocycles. The van der Waals surface area contributed by atoms with Crippen LogP contribution in [0.3, 0.4) is 0 Å². The normalized spacial score (nSPS) is 14.8. The third-order valence-corrected chi connectivity index (χ3v) is 2.44. The van der Waals surface area contributed by atoms with E-state index in [0.717, 1.165) is 12.0 Å². The maximum Gasteiger partial charge on any atom is 0.358 e. The van der Waals surface area contributed by atoms with E-state index < -0.39 is 5.97 Å². The van der Waals surface area contributed by atoms with Crippen molar-refractivity contribution in [2.75, 3.05) is 0 Å². The Hall–Kier alpha value is -2.10. The van der Waals surface area contributed by atoms with Crippen LogP contribution in [0.1, 0.15) is 18.4 Å². The second-order valence-electron chi connectivity index (χ2n) is 3.70. The molecule has 0 aliphatic carbocycles. The van der Waals surface area contributed by atoms with Crippen molar-refractivity contribution in [1.29, 1.82) is 0 Å². The van der Waals surface area contributed by atoms with Crippen molar-refractivity contribution in [3.8, 4) is 0 Å². The van der Waals surface area contributed by atoms with Crippen molar-refractivity contribution in [2.45, 2.75) is 19.4 Å². The van der Waals surface area contributed by atoms with E-state index in [2.05, 4.69) is 4.99 Å². The summed E-state index contributed by atoms with van der Waals surface area (Å²) in [5.41, 5.74) is 1.03. The predicted molar refractivity (Wildman–Crippen MR) is 63.6 cm³/mol. The molecule has 0 saturated carbocycles. The lowest BCUT2D eigenvalue weighted by molar-refractivity contribution is -0.133. The molecular weight excluding hydrogens is 218 g/mol. The number of aliphatic carboxylic acids is 1. The molecule has 88 valence electrons. The van der Waals surface area contributed by atoms with E-state index in [0.29, 0.717) is 18.8 Å². The van der Waals surface area contributed by atoms with E-state index >= 15 is 0 Å². The van der Waals surface area contributed by atoms with Crippen LogP contribution in [0, 0.1) is 0 Å². The summed E-state index contributed by atoms with van der Waals surface area (Å²) in [5.74, 6) is -0.576. The molecule has 4 nitrogen and oxygen atoms in total. The van der Waals surface area contributed by atoms with Crippen molar-refractivity contribution in [3.63, 3.8) is 0 Å². The highest BCUT2D eigenvalue weighted by Gasteiger charge is 2.17. The standard InChI is InChI=1S/C13H13NO3/c15-13(16)12-11(7-4-8-14-12)17-9-10-5-2-1-3-6-10/h1-3,5-6,8H,4,7,9H2,(H,15,16). The van der Waals surface area contributed by atoms with Gasteiger partial charge < -0.3 is 9.84 Å². The Morgan fingerprint density at radius 3 is 2.82 bits per heavy atom. The molecular formula is C13H13NO3. The number of rotatable bonds is 4. The average molecular weight is 231 g/mol. The third-order valence-electron chi connectivity index (χ3n) is 2.44. The molecule has 17 heavy (non-hydrogen) atoms. The van der Waals surface area contributed by atoms with Crippen LogP contribution in [0.4, 0.5) is 0 Å². The second kappa shape index (κ2) is 5.30. The van der Waals surface area contributed by atoms with Gasteiger partial charge in [-0.1, -0.05) is 30.3 Å². The first-order valence-corrected chi connectivity index (χ1v) is 5.43. The molecule has 4 heteroatoms. The zero-order valence-corrected chi connectivity index (χ0v) is 9.30. The predicted octanol–water partition coefficient (Wildman–Crippen LogP) is 2.36. The number of nitrogens with zero attached hydrogens (tertiary/aromatic N) is 1. The first kappa shape index (κ1) is 11.4. The highest BCUT2D eigenvalue weighted by Crippen LogP contribution is 2.19. The van der Waals surface area contributed by atoms with Gasteiger partial charge in [0.1, 0.15) is 12.4 Å². The number of hydrogen-bond donors (Lipinski definition) is 1. The number of carboxylic acids is 1. The summed E-state index contributed by atoms with van der Waals surface area (Å²) in [7, 11) is 0. The van der Waals surface area contributed by atoms with Crippen LogP contribution in [-0.4, -0.2) is 17.3 Å². The molecule has 1 aliphatic rings. The maximum atomic E-state index is 10.9. The zero-order chi connectivity index (χ0) is 12.1. The fourth-order valence-electron chi connectivity index (χ4n) is 1.60. The van der Waals surface area contributed by atoms with Gasteiger partial charge in [0.2, 0.25) is 0 Å². The van der Waals surface area contributed by atoms with E-state index in [1.807, 2.05) is 30.3 Å². The third kappa shape index (κ3) is 2.93. The Labute approximate surface area is 99.3 Å². The van der Waals surface area contributed by atoms with Crippen molar-refractivity contribution < 1.29 is 14.6 Å². The van der Waals surface area contributed by atoms with Gasteiger partial charge in [-0.2, -0.15) is 0 Å². The van der Waals surface area contributed by atoms with E-state index in [9.17, 15) is 4.79 Å². The monoisotopic (exact) mass is 231 g/mol. The van der Waals surface area contributed by atoms with Crippen molar-refractivity contribution in [3.05, 3.63) is 47.4 Å². The second-order valence-corrected chi connectivity index (χ2v) is 3.70. The Bertz CT molecular complexity index is 463. The number of benzene rings is 1.